The first-order chi connectivity index (χ1) is 31.4. The SMILES string of the molecule is CCCCCCC(CCCCCC)CCCOC(=O)CCCCCCCN(CCCCCCCC(=O)OCCCC(CCCCCC)CCCCCC)CCCN1CCCC1.NC=O. The van der Waals surface area contributed by atoms with Crippen LogP contribution in [-0.4, -0.2) is 80.6 Å². The molecular weight excluding hydrogens is 795 g/mol. The average Bonchev–Trinajstić information content (AvgIpc) is 3.82. The molecule has 1 aliphatic heterocycles. The van der Waals surface area contributed by atoms with Crippen molar-refractivity contribution in [1.82, 2.24) is 9.80 Å². The van der Waals surface area contributed by atoms with Gasteiger partial charge in [0.15, 0.2) is 0 Å². The molecule has 1 aliphatic rings. The normalized spacial score (nSPS) is 12.9. The van der Waals surface area contributed by atoms with Crippen molar-refractivity contribution in [2.45, 2.75) is 278 Å². The van der Waals surface area contributed by atoms with E-state index in [4.69, 9.17) is 14.3 Å². The van der Waals surface area contributed by atoms with Crippen molar-refractivity contribution in [3.8, 4) is 0 Å². The molecule has 0 spiro atoms. The number of ether oxygens (including phenoxy) is 2. The van der Waals surface area contributed by atoms with E-state index < -0.39 is 0 Å². The van der Waals surface area contributed by atoms with Crippen molar-refractivity contribution in [2.24, 2.45) is 17.6 Å². The average molecular weight is 907 g/mol. The Hall–Kier alpha value is -1.67. The molecule has 1 heterocycles. The Morgan fingerprint density at radius 2 is 0.781 bits per heavy atom. The van der Waals surface area contributed by atoms with Crippen molar-refractivity contribution >= 4 is 18.3 Å². The van der Waals surface area contributed by atoms with Crippen LogP contribution in [0, 0.1) is 11.8 Å². The molecule has 0 aliphatic carbocycles. The van der Waals surface area contributed by atoms with E-state index in [-0.39, 0.29) is 18.3 Å². The predicted octanol–water partition coefficient (Wildman–Crippen LogP) is 15.3. The maximum atomic E-state index is 12.5. The van der Waals surface area contributed by atoms with Gasteiger partial charge in [-0.25, -0.2) is 0 Å². The molecule has 0 radical (unpaired) electrons. The summed E-state index contributed by atoms with van der Waals surface area (Å²) in [5.41, 5.74) is 4.17. The zero-order chi connectivity index (χ0) is 46.8. The van der Waals surface area contributed by atoms with Crippen LogP contribution in [0.4, 0.5) is 0 Å². The zero-order valence-electron chi connectivity index (χ0n) is 43.5. The standard InChI is InChI=1S/C55H108N2O4.CH3NO/c1-5-9-13-23-36-52(37-24-14-10-6-2)40-33-50-60-54(58)42-27-19-17-21-29-44-56(48-35-49-57-46-31-32-47-57)45-30-22-18-20-28-43-55(59)61-51-34-41-53(38-25-15-11-7-3)39-26-16-12-8-4;2-1-3/h52-53H,5-51H2,1-4H3;1H,(H2,2,3). The molecule has 0 bridgehead atoms. The second-order valence-corrected chi connectivity index (χ2v) is 19.8. The number of likely N-dealkylation sites (tertiary alicyclic amines) is 1. The van der Waals surface area contributed by atoms with Crippen molar-refractivity contribution in [2.75, 3.05) is 52.5 Å². The summed E-state index contributed by atoms with van der Waals surface area (Å²) < 4.78 is 11.3. The number of nitrogens with two attached hydrogens (primary N) is 1. The van der Waals surface area contributed by atoms with E-state index in [9.17, 15) is 9.59 Å². The number of amides is 1. The van der Waals surface area contributed by atoms with Gasteiger partial charge in [-0.3, -0.25) is 14.4 Å². The minimum atomic E-state index is 0.0157. The number of esters is 2. The lowest BCUT2D eigenvalue weighted by Gasteiger charge is -2.24. The van der Waals surface area contributed by atoms with E-state index in [0.717, 1.165) is 50.4 Å². The Kier molecular flexibility index (Phi) is 49.4. The Balaban J connectivity index is 0.0000128. The molecule has 0 aromatic heterocycles. The van der Waals surface area contributed by atoms with Crippen molar-refractivity contribution in [1.29, 1.82) is 0 Å². The van der Waals surface area contributed by atoms with Crippen LogP contribution in [0.1, 0.15) is 278 Å². The molecule has 380 valence electrons. The third-order valence-corrected chi connectivity index (χ3v) is 13.8. The second kappa shape index (κ2) is 50.7. The summed E-state index contributed by atoms with van der Waals surface area (Å²) in [5, 5.41) is 0. The van der Waals surface area contributed by atoms with Crippen LogP contribution in [0.5, 0.6) is 0 Å². The summed E-state index contributed by atoms with van der Waals surface area (Å²) in [5.74, 6) is 1.66. The first-order valence-corrected chi connectivity index (χ1v) is 28.3. The van der Waals surface area contributed by atoms with E-state index in [1.807, 2.05) is 0 Å². The highest BCUT2D eigenvalue weighted by molar-refractivity contribution is 5.69. The van der Waals surface area contributed by atoms with Gasteiger partial charge in [0.2, 0.25) is 6.41 Å². The lowest BCUT2D eigenvalue weighted by atomic mass is 9.91. The molecule has 1 amide bonds. The molecule has 0 saturated carbocycles. The van der Waals surface area contributed by atoms with Gasteiger partial charge in [0.1, 0.15) is 0 Å². The molecule has 8 nitrogen and oxygen atoms in total. The fraction of sp³-hybridized carbons (Fsp3) is 0.946. The Bertz CT molecular complexity index is 890. The number of carbonyl (C=O) groups is 3. The number of nitrogens with zero attached hydrogens (tertiary/aromatic N) is 2. The molecule has 64 heavy (non-hydrogen) atoms. The fourth-order valence-electron chi connectivity index (χ4n) is 9.70. The van der Waals surface area contributed by atoms with Crippen LogP contribution in [-0.2, 0) is 23.9 Å². The van der Waals surface area contributed by atoms with E-state index in [1.165, 1.54) is 238 Å². The number of hydrogen-bond acceptors (Lipinski definition) is 7. The van der Waals surface area contributed by atoms with Crippen molar-refractivity contribution < 1.29 is 23.9 Å². The van der Waals surface area contributed by atoms with Gasteiger partial charge in [0, 0.05) is 12.8 Å². The van der Waals surface area contributed by atoms with E-state index >= 15 is 0 Å². The third kappa shape index (κ3) is 44.2. The third-order valence-electron chi connectivity index (χ3n) is 13.8. The highest BCUT2D eigenvalue weighted by Crippen LogP contribution is 2.24. The fourth-order valence-corrected chi connectivity index (χ4v) is 9.70. The number of primary amides is 1. The van der Waals surface area contributed by atoms with Crippen LogP contribution in [0.3, 0.4) is 0 Å². The quantitative estimate of drug-likeness (QED) is 0.0368. The minimum absolute atomic E-state index is 0.0157. The van der Waals surface area contributed by atoms with Crippen LogP contribution in [0.2, 0.25) is 0 Å². The second-order valence-electron chi connectivity index (χ2n) is 19.8. The lowest BCUT2D eigenvalue weighted by Crippen LogP contribution is -2.30. The maximum absolute atomic E-state index is 12.5. The van der Waals surface area contributed by atoms with Gasteiger partial charge in [0.25, 0.3) is 0 Å². The molecule has 1 rings (SSSR count). The smallest absolute Gasteiger partial charge is 0.305 e. The van der Waals surface area contributed by atoms with E-state index in [0.29, 0.717) is 26.1 Å². The molecule has 0 unspecified atom stereocenters. The van der Waals surface area contributed by atoms with Gasteiger partial charge in [-0.15, -0.1) is 0 Å². The van der Waals surface area contributed by atoms with Crippen molar-refractivity contribution in [3.63, 3.8) is 0 Å². The maximum Gasteiger partial charge on any atom is 0.305 e. The Morgan fingerprint density at radius 3 is 1.16 bits per heavy atom. The van der Waals surface area contributed by atoms with Crippen LogP contribution in [0.15, 0.2) is 0 Å². The van der Waals surface area contributed by atoms with Gasteiger partial charge < -0.3 is 25.0 Å². The molecular formula is C56H111N3O5. The Labute approximate surface area is 398 Å². The van der Waals surface area contributed by atoms with Gasteiger partial charge in [-0.2, -0.15) is 0 Å². The van der Waals surface area contributed by atoms with Gasteiger partial charge >= 0.3 is 11.9 Å². The molecule has 0 aromatic rings. The number of rotatable bonds is 48. The summed E-state index contributed by atoms with van der Waals surface area (Å²) in [6.07, 6.45) is 48.6. The van der Waals surface area contributed by atoms with Crippen molar-refractivity contribution in [3.05, 3.63) is 0 Å². The van der Waals surface area contributed by atoms with E-state index in [2.05, 4.69) is 43.2 Å². The predicted molar refractivity (Wildman–Crippen MR) is 275 cm³/mol. The summed E-state index contributed by atoms with van der Waals surface area (Å²) >= 11 is 0. The molecule has 1 fully saturated rings. The Morgan fingerprint density at radius 1 is 0.469 bits per heavy atom. The first kappa shape index (κ1) is 62.3. The highest BCUT2D eigenvalue weighted by Gasteiger charge is 2.14. The van der Waals surface area contributed by atoms with Gasteiger partial charge in [0.05, 0.1) is 13.2 Å². The highest BCUT2D eigenvalue weighted by atomic mass is 16.5. The molecule has 0 atom stereocenters. The number of hydrogen-bond donors (Lipinski definition) is 1. The topological polar surface area (TPSA) is 102 Å². The summed E-state index contributed by atoms with van der Waals surface area (Å²) in [6, 6.07) is 0. The number of carbonyl (C=O) groups excluding carboxylic acids is 3. The molecule has 8 heteroatoms. The zero-order valence-corrected chi connectivity index (χ0v) is 43.5. The van der Waals surface area contributed by atoms with Crippen LogP contribution in [0.25, 0.3) is 0 Å². The van der Waals surface area contributed by atoms with Gasteiger partial charge in [-0.05, 0) is 122 Å². The summed E-state index contributed by atoms with van der Waals surface area (Å²) in [7, 11) is 0. The molecule has 1 saturated heterocycles. The summed E-state index contributed by atoms with van der Waals surface area (Å²) in [4.78, 5) is 38.9. The van der Waals surface area contributed by atoms with Gasteiger partial charge in [-0.1, -0.05) is 195 Å². The van der Waals surface area contributed by atoms with Crippen LogP contribution < -0.4 is 5.73 Å². The lowest BCUT2D eigenvalue weighted by molar-refractivity contribution is -0.144. The van der Waals surface area contributed by atoms with E-state index in [1.54, 1.807) is 0 Å². The summed E-state index contributed by atoms with van der Waals surface area (Å²) in [6.45, 7) is 17.8. The molecule has 0 aromatic carbocycles. The number of unbranched alkanes of at least 4 members (excludes halogenated alkanes) is 20. The monoisotopic (exact) mass is 906 g/mol. The minimum Gasteiger partial charge on any atom is -0.466 e. The largest absolute Gasteiger partial charge is 0.466 e. The first-order valence-electron chi connectivity index (χ1n) is 28.3. The van der Waals surface area contributed by atoms with Crippen LogP contribution >= 0.6 is 0 Å². The molecule has 2 N–H and O–H groups in total.